The number of hydrogen-bond acceptors (Lipinski definition) is 3. The third-order valence-corrected chi connectivity index (χ3v) is 4.08. The Balaban J connectivity index is 2.63. The van der Waals surface area contributed by atoms with Gasteiger partial charge in [-0.3, -0.25) is 4.68 Å². The third kappa shape index (κ3) is 4.44. The molecule has 20 heavy (non-hydrogen) atoms. The van der Waals surface area contributed by atoms with Crippen molar-refractivity contribution >= 4 is 17.8 Å². The molecular weight excluding hydrogens is 272 g/mol. The number of rotatable bonds is 7. The fourth-order valence-corrected chi connectivity index (χ4v) is 2.91. The lowest BCUT2D eigenvalue weighted by Crippen LogP contribution is -2.41. The summed E-state index contributed by atoms with van der Waals surface area (Å²) in [5.74, 6) is 0.917. The van der Waals surface area contributed by atoms with Crippen LogP contribution in [-0.2, 0) is 26.4 Å². The summed E-state index contributed by atoms with van der Waals surface area (Å²) in [6, 6.07) is 0.0645. The predicted molar refractivity (Wildman–Crippen MR) is 85.2 cm³/mol. The van der Waals surface area contributed by atoms with Crippen LogP contribution in [0.4, 0.5) is 4.79 Å². The summed E-state index contributed by atoms with van der Waals surface area (Å²) in [6.45, 7) is 6.75. The molecule has 0 aliphatic carbocycles. The van der Waals surface area contributed by atoms with Crippen LogP contribution in [0.1, 0.15) is 37.7 Å². The Morgan fingerprint density at radius 1 is 1.40 bits per heavy atom. The number of thioether (sulfide) groups is 1. The van der Waals surface area contributed by atoms with E-state index >= 15 is 0 Å². The van der Waals surface area contributed by atoms with E-state index in [-0.39, 0.29) is 12.1 Å². The van der Waals surface area contributed by atoms with Crippen molar-refractivity contribution in [2.45, 2.75) is 46.2 Å². The van der Waals surface area contributed by atoms with Crippen LogP contribution in [-0.4, -0.2) is 33.9 Å². The minimum absolute atomic E-state index is 0.112. The van der Waals surface area contributed by atoms with Gasteiger partial charge in [0, 0.05) is 36.6 Å². The van der Waals surface area contributed by atoms with Crippen LogP contribution >= 0.6 is 11.8 Å². The van der Waals surface area contributed by atoms with Crippen molar-refractivity contribution in [3.63, 3.8) is 0 Å². The number of aromatic nitrogens is 2. The van der Waals surface area contributed by atoms with Gasteiger partial charge in [-0.25, -0.2) is 4.79 Å². The summed E-state index contributed by atoms with van der Waals surface area (Å²) in [6.07, 6.45) is 3.84. The molecule has 0 spiro atoms. The molecule has 114 valence electrons. The summed E-state index contributed by atoms with van der Waals surface area (Å²) in [7, 11) is 1.96. The van der Waals surface area contributed by atoms with Crippen molar-refractivity contribution in [3.05, 3.63) is 17.0 Å². The average molecular weight is 298 g/mol. The maximum absolute atomic E-state index is 11.8. The fourth-order valence-electron chi connectivity index (χ4n) is 2.33. The second-order valence-corrected chi connectivity index (χ2v) is 5.80. The highest BCUT2D eigenvalue weighted by atomic mass is 32.2. The molecule has 2 amide bonds. The van der Waals surface area contributed by atoms with Gasteiger partial charge in [-0.1, -0.05) is 13.8 Å². The minimum Gasteiger partial charge on any atom is -0.335 e. The van der Waals surface area contributed by atoms with E-state index in [0.717, 1.165) is 29.9 Å². The molecule has 0 saturated carbocycles. The maximum Gasteiger partial charge on any atom is 0.315 e. The lowest BCUT2D eigenvalue weighted by atomic mass is 10.1. The topological polar surface area (TPSA) is 59.0 Å². The second kappa shape index (κ2) is 8.19. The van der Waals surface area contributed by atoms with Gasteiger partial charge in [-0.2, -0.15) is 16.9 Å². The van der Waals surface area contributed by atoms with E-state index in [1.165, 1.54) is 5.69 Å². The molecule has 2 N–H and O–H groups in total. The van der Waals surface area contributed by atoms with E-state index in [1.54, 1.807) is 11.8 Å². The van der Waals surface area contributed by atoms with Crippen molar-refractivity contribution in [2.75, 3.05) is 12.0 Å². The highest BCUT2D eigenvalue weighted by molar-refractivity contribution is 7.98. The number of nitrogens with one attached hydrogen (secondary N) is 2. The van der Waals surface area contributed by atoms with Gasteiger partial charge in [0.15, 0.2) is 0 Å². The minimum atomic E-state index is -0.112. The summed E-state index contributed by atoms with van der Waals surface area (Å²) in [5.41, 5.74) is 3.42. The van der Waals surface area contributed by atoms with E-state index in [9.17, 15) is 4.79 Å². The fraction of sp³-hybridized carbons (Fsp3) is 0.714. The lowest BCUT2D eigenvalue weighted by molar-refractivity contribution is 0.238. The standard InChI is InChI=1S/C14H26N4OS/c1-6-12-11(13(7-2)18(4)17-12)8-15-14(19)16-10(3)9-20-5/h10H,6-9H2,1-5H3,(H2,15,16,19)/t10-/m0/s1. The Labute approximate surface area is 125 Å². The molecule has 1 rings (SSSR count). The highest BCUT2D eigenvalue weighted by Gasteiger charge is 2.14. The van der Waals surface area contributed by atoms with E-state index < -0.39 is 0 Å². The first kappa shape index (κ1) is 16.9. The maximum atomic E-state index is 11.8. The molecule has 0 aliphatic rings. The normalized spacial score (nSPS) is 12.2. The zero-order valence-corrected chi connectivity index (χ0v) is 13.9. The van der Waals surface area contributed by atoms with Gasteiger partial charge in [-0.15, -0.1) is 0 Å². The first-order valence-electron chi connectivity index (χ1n) is 7.10. The van der Waals surface area contributed by atoms with E-state index in [0.29, 0.717) is 6.54 Å². The number of aryl methyl sites for hydroxylation is 2. The molecule has 5 nitrogen and oxygen atoms in total. The molecule has 0 aromatic carbocycles. The molecule has 0 saturated heterocycles. The zero-order valence-electron chi connectivity index (χ0n) is 13.1. The molecule has 0 aliphatic heterocycles. The van der Waals surface area contributed by atoms with Gasteiger partial charge in [0.1, 0.15) is 0 Å². The van der Waals surface area contributed by atoms with E-state index in [1.807, 2.05) is 24.9 Å². The Morgan fingerprint density at radius 2 is 2.10 bits per heavy atom. The van der Waals surface area contributed by atoms with Gasteiger partial charge in [0.25, 0.3) is 0 Å². The molecule has 1 heterocycles. The van der Waals surface area contributed by atoms with Gasteiger partial charge >= 0.3 is 6.03 Å². The van der Waals surface area contributed by atoms with Crippen LogP contribution in [0.15, 0.2) is 0 Å². The second-order valence-electron chi connectivity index (χ2n) is 4.89. The Kier molecular flexibility index (Phi) is 6.91. The molecule has 1 aromatic rings. The van der Waals surface area contributed by atoms with E-state index in [4.69, 9.17) is 0 Å². The molecular formula is C14H26N4OS. The first-order chi connectivity index (χ1) is 9.53. The number of amides is 2. The molecule has 0 fully saturated rings. The summed E-state index contributed by atoms with van der Waals surface area (Å²) in [4.78, 5) is 11.8. The number of carbonyl (C=O) groups excluding carboxylic acids is 1. The summed E-state index contributed by atoms with van der Waals surface area (Å²) >= 11 is 1.73. The van der Waals surface area contributed by atoms with Crippen LogP contribution in [0, 0.1) is 0 Å². The largest absolute Gasteiger partial charge is 0.335 e. The molecule has 1 aromatic heterocycles. The SMILES string of the molecule is CCc1nn(C)c(CC)c1CNC(=O)N[C@@H](C)CSC. The quantitative estimate of drug-likeness (QED) is 0.810. The Hall–Kier alpha value is -1.17. The van der Waals surface area contributed by atoms with Crippen molar-refractivity contribution in [1.82, 2.24) is 20.4 Å². The molecule has 0 radical (unpaired) electrons. The van der Waals surface area contributed by atoms with Crippen LogP contribution in [0.2, 0.25) is 0 Å². The van der Waals surface area contributed by atoms with Crippen LogP contribution in [0.25, 0.3) is 0 Å². The predicted octanol–water partition coefficient (Wildman–Crippen LogP) is 2.10. The van der Waals surface area contributed by atoms with Crippen molar-refractivity contribution in [3.8, 4) is 0 Å². The summed E-state index contributed by atoms with van der Waals surface area (Å²) in [5, 5.41) is 10.4. The average Bonchev–Trinajstić information content (AvgIpc) is 2.71. The van der Waals surface area contributed by atoms with Crippen molar-refractivity contribution in [2.24, 2.45) is 7.05 Å². The third-order valence-electron chi connectivity index (χ3n) is 3.25. The molecule has 6 heteroatoms. The Bertz CT molecular complexity index is 445. The summed E-state index contributed by atoms with van der Waals surface area (Å²) < 4.78 is 1.92. The number of urea groups is 1. The molecule has 0 unspecified atom stereocenters. The highest BCUT2D eigenvalue weighted by Crippen LogP contribution is 2.15. The van der Waals surface area contributed by atoms with Crippen LogP contribution in [0.5, 0.6) is 0 Å². The Morgan fingerprint density at radius 3 is 2.65 bits per heavy atom. The monoisotopic (exact) mass is 298 g/mol. The van der Waals surface area contributed by atoms with Crippen molar-refractivity contribution < 1.29 is 4.79 Å². The lowest BCUT2D eigenvalue weighted by Gasteiger charge is -2.14. The van der Waals surface area contributed by atoms with Gasteiger partial charge in [-0.05, 0) is 26.0 Å². The van der Waals surface area contributed by atoms with Crippen LogP contribution < -0.4 is 10.6 Å². The van der Waals surface area contributed by atoms with E-state index in [2.05, 4.69) is 29.6 Å². The zero-order chi connectivity index (χ0) is 15.1. The van der Waals surface area contributed by atoms with Gasteiger partial charge < -0.3 is 10.6 Å². The smallest absolute Gasteiger partial charge is 0.315 e. The molecule has 0 bridgehead atoms. The van der Waals surface area contributed by atoms with Crippen LogP contribution in [0.3, 0.4) is 0 Å². The van der Waals surface area contributed by atoms with Gasteiger partial charge in [0.2, 0.25) is 0 Å². The van der Waals surface area contributed by atoms with Gasteiger partial charge in [0.05, 0.1) is 5.69 Å². The number of hydrogen-bond donors (Lipinski definition) is 2. The molecule has 1 atom stereocenters. The first-order valence-corrected chi connectivity index (χ1v) is 8.49. The number of nitrogens with zero attached hydrogens (tertiary/aromatic N) is 2. The van der Waals surface area contributed by atoms with Crippen molar-refractivity contribution in [1.29, 1.82) is 0 Å². The number of carbonyl (C=O) groups is 1.